The van der Waals surface area contributed by atoms with E-state index in [2.05, 4.69) is 20.6 Å². The van der Waals surface area contributed by atoms with Crippen molar-refractivity contribution in [3.63, 3.8) is 0 Å². The minimum Gasteiger partial charge on any atom is -0.373 e. The molecular weight excluding hydrogens is 238 g/mol. The second-order valence-corrected chi connectivity index (χ2v) is 4.36. The molecule has 1 atom stereocenters. The molecule has 0 saturated carbocycles. The van der Waals surface area contributed by atoms with Crippen LogP contribution in [0.5, 0.6) is 0 Å². The molecule has 7 heteroatoms. The highest BCUT2D eigenvalue weighted by Crippen LogP contribution is 2.17. The van der Waals surface area contributed by atoms with Gasteiger partial charge >= 0.3 is 0 Å². The molecule has 0 fully saturated rings. The molecule has 1 heterocycles. The lowest BCUT2D eigenvalue weighted by Gasteiger charge is -2.13. The van der Waals surface area contributed by atoms with Crippen molar-refractivity contribution in [2.75, 3.05) is 23.9 Å². The standard InChI is InChI=1S/C10H17N5OS/c1-6(4-7(11)16)13-9-5-8(12-2)14-10(15-9)17-3/h5-6H,4H2,1-3H3,(H2,11,16)(H2,12,13,14,15). The summed E-state index contributed by atoms with van der Waals surface area (Å²) in [6, 6.07) is 1.74. The fraction of sp³-hybridized carbons (Fsp3) is 0.500. The van der Waals surface area contributed by atoms with Gasteiger partial charge in [-0.2, -0.15) is 0 Å². The van der Waals surface area contributed by atoms with Crippen molar-refractivity contribution in [1.29, 1.82) is 0 Å². The summed E-state index contributed by atoms with van der Waals surface area (Å²) in [4.78, 5) is 19.3. The highest BCUT2D eigenvalue weighted by molar-refractivity contribution is 7.98. The van der Waals surface area contributed by atoms with Crippen molar-refractivity contribution < 1.29 is 4.79 Å². The van der Waals surface area contributed by atoms with E-state index in [0.717, 1.165) is 5.82 Å². The lowest BCUT2D eigenvalue weighted by molar-refractivity contribution is -0.118. The van der Waals surface area contributed by atoms with E-state index in [1.165, 1.54) is 11.8 Å². The summed E-state index contributed by atoms with van der Waals surface area (Å²) in [6.45, 7) is 1.88. The number of rotatable bonds is 6. The predicted molar refractivity (Wildman–Crippen MR) is 70.3 cm³/mol. The van der Waals surface area contributed by atoms with Crippen LogP contribution in [0.2, 0.25) is 0 Å². The highest BCUT2D eigenvalue weighted by Gasteiger charge is 2.08. The Morgan fingerprint density at radius 2 is 2.18 bits per heavy atom. The molecule has 0 aromatic carbocycles. The summed E-state index contributed by atoms with van der Waals surface area (Å²) in [5.41, 5.74) is 5.13. The Balaban J connectivity index is 2.79. The number of hydrogen-bond acceptors (Lipinski definition) is 6. The maximum absolute atomic E-state index is 10.8. The predicted octanol–water partition coefficient (Wildman–Crippen LogP) is 0.916. The molecule has 17 heavy (non-hydrogen) atoms. The van der Waals surface area contributed by atoms with Crippen LogP contribution in [0.25, 0.3) is 0 Å². The summed E-state index contributed by atoms with van der Waals surface area (Å²) in [6.07, 6.45) is 2.18. The van der Waals surface area contributed by atoms with Gasteiger partial charge in [0.15, 0.2) is 5.16 Å². The smallest absolute Gasteiger partial charge is 0.219 e. The second-order valence-electron chi connectivity index (χ2n) is 3.59. The number of amides is 1. The van der Waals surface area contributed by atoms with Gasteiger partial charge in [-0.15, -0.1) is 0 Å². The number of aromatic nitrogens is 2. The molecule has 1 unspecified atom stereocenters. The number of primary amides is 1. The van der Waals surface area contributed by atoms with Crippen LogP contribution in [0, 0.1) is 0 Å². The SMILES string of the molecule is CNc1cc(NC(C)CC(N)=O)nc(SC)n1. The molecule has 1 rings (SSSR count). The van der Waals surface area contributed by atoms with Crippen LogP contribution in [0.4, 0.5) is 11.6 Å². The third kappa shape index (κ3) is 4.48. The molecule has 4 N–H and O–H groups in total. The molecule has 94 valence electrons. The monoisotopic (exact) mass is 255 g/mol. The van der Waals surface area contributed by atoms with Crippen LogP contribution in [-0.4, -0.2) is 35.2 Å². The van der Waals surface area contributed by atoms with Gasteiger partial charge in [0, 0.05) is 25.6 Å². The van der Waals surface area contributed by atoms with Crippen LogP contribution in [-0.2, 0) is 4.79 Å². The summed E-state index contributed by atoms with van der Waals surface area (Å²) in [5.74, 6) is 1.08. The van der Waals surface area contributed by atoms with Gasteiger partial charge in [-0.1, -0.05) is 11.8 Å². The van der Waals surface area contributed by atoms with Crippen molar-refractivity contribution in [2.24, 2.45) is 5.73 Å². The quantitative estimate of drug-likeness (QED) is 0.517. The van der Waals surface area contributed by atoms with Gasteiger partial charge in [-0.25, -0.2) is 9.97 Å². The van der Waals surface area contributed by atoms with Gasteiger partial charge in [0.05, 0.1) is 0 Å². The lowest BCUT2D eigenvalue weighted by Crippen LogP contribution is -2.24. The fourth-order valence-corrected chi connectivity index (χ4v) is 1.70. The molecule has 0 aliphatic rings. The number of nitrogens with two attached hydrogens (primary N) is 1. The molecule has 1 aromatic heterocycles. The molecule has 0 aliphatic heterocycles. The Morgan fingerprint density at radius 1 is 1.53 bits per heavy atom. The van der Waals surface area contributed by atoms with E-state index < -0.39 is 0 Å². The Bertz CT molecular complexity index is 376. The van der Waals surface area contributed by atoms with E-state index >= 15 is 0 Å². The third-order valence-corrected chi connectivity index (χ3v) is 2.59. The van der Waals surface area contributed by atoms with Gasteiger partial charge in [-0.3, -0.25) is 4.79 Å². The van der Waals surface area contributed by atoms with Crippen molar-refractivity contribution in [1.82, 2.24) is 9.97 Å². The van der Waals surface area contributed by atoms with Crippen molar-refractivity contribution in [3.8, 4) is 0 Å². The number of thioether (sulfide) groups is 1. The number of nitrogens with zero attached hydrogens (tertiary/aromatic N) is 2. The summed E-state index contributed by atoms with van der Waals surface area (Å²) in [5, 5.41) is 6.75. The first-order chi connectivity index (χ1) is 8.05. The Kier molecular flexibility index (Phi) is 5.02. The van der Waals surface area contributed by atoms with Crippen LogP contribution in [0.15, 0.2) is 11.2 Å². The molecule has 0 aliphatic carbocycles. The molecule has 0 bridgehead atoms. The Hall–Kier alpha value is -1.50. The first kappa shape index (κ1) is 13.6. The fourth-order valence-electron chi connectivity index (χ4n) is 1.32. The lowest BCUT2D eigenvalue weighted by atomic mass is 10.2. The van der Waals surface area contributed by atoms with Crippen LogP contribution in [0.3, 0.4) is 0 Å². The topological polar surface area (TPSA) is 92.9 Å². The average molecular weight is 255 g/mol. The van der Waals surface area contributed by atoms with Crippen LogP contribution < -0.4 is 16.4 Å². The van der Waals surface area contributed by atoms with Gasteiger partial charge in [0.1, 0.15) is 11.6 Å². The van der Waals surface area contributed by atoms with Gasteiger partial charge in [0.2, 0.25) is 5.91 Å². The van der Waals surface area contributed by atoms with Gasteiger partial charge in [0.25, 0.3) is 0 Å². The zero-order chi connectivity index (χ0) is 12.8. The number of carbonyl (C=O) groups excluding carboxylic acids is 1. The second kappa shape index (κ2) is 6.29. The molecule has 1 aromatic rings. The normalized spacial score (nSPS) is 11.9. The molecule has 1 amide bonds. The first-order valence-corrected chi connectivity index (χ1v) is 6.43. The van der Waals surface area contributed by atoms with E-state index in [0.29, 0.717) is 11.0 Å². The highest BCUT2D eigenvalue weighted by atomic mass is 32.2. The molecule has 6 nitrogen and oxygen atoms in total. The largest absolute Gasteiger partial charge is 0.373 e. The maximum atomic E-state index is 10.8. The average Bonchev–Trinajstić information content (AvgIpc) is 2.27. The van der Waals surface area contributed by atoms with E-state index in [1.807, 2.05) is 13.2 Å². The van der Waals surface area contributed by atoms with E-state index in [-0.39, 0.29) is 18.4 Å². The molecule has 0 radical (unpaired) electrons. The Labute approximate surface area is 105 Å². The minimum atomic E-state index is -0.335. The molecule has 0 saturated heterocycles. The number of carbonyl (C=O) groups is 1. The zero-order valence-electron chi connectivity index (χ0n) is 10.2. The van der Waals surface area contributed by atoms with E-state index in [9.17, 15) is 4.79 Å². The number of anilines is 2. The summed E-state index contributed by atoms with van der Waals surface area (Å²) in [7, 11) is 1.79. The Morgan fingerprint density at radius 3 is 2.71 bits per heavy atom. The van der Waals surface area contributed by atoms with E-state index in [4.69, 9.17) is 5.73 Å². The third-order valence-electron chi connectivity index (χ3n) is 2.05. The summed E-state index contributed by atoms with van der Waals surface area (Å²) < 4.78 is 0. The van der Waals surface area contributed by atoms with Crippen molar-refractivity contribution in [3.05, 3.63) is 6.07 Å². The van der Waals surface area contributed by atoms with Crippen molar-refractivity contribution >= 4 is 29.3 Å². The summed E-state index contributed by atoms with van der Waals surface area (Å²) >= 11 is 1.46. The number of nitrogens with one attached hydrogen (secondary N) is 2. The molecular formula is C10H17N5OS. The van der Waals surface area contributed by atoms with Crippen LogP contribution >= 0.6 is 11.8 Å². The maximum Gasteiger partial charge on any atom is 0.219 e. The molecule has 0 spiro atoms. The number of hydrogen-bond donors (Lipinski definition) is 3. The van der Waals surface area contributed by atoms with Crippen molar-refractivity contribution in [2.45, 2.75) is 24.5 Å². The zero-order valence-corrected chi connectivity index (χ0v) is 11.0. The van der Waals surface area contributed by atoms with Crippen LogP contribution in [0.1, 0.15) is 13.3 Å². The van der Waals surface area contributed by atoms with Gasteiger partial charge in [-0.05, 0) is 13.2 Å². The van der Waals surface area contributed by atoms with Gasteiger partial charge < -0.3 is 16.4 Å². The first-order valence-electron chi connectivity index (χ1n) is 5.20. The van der Waals surface area contributed by atoms with E-state index in [1.54, 1.807) is 13.1 Å². The minimum absolute atomic E-state index is 0.0539.